The van der Waals surface area contributed by atoms with Crippen LogP contribution in [0.3, 0.4) is 0 Å². The van der Waals surface area contributed by atoms with E-state index in [0.717, 1.165) is 24.0 Å². The molecule has 0 aliphatic carbocycles. The van der Waals surface area contributed by atoms with Gasteiger partial charge in [-0.2, -0.15) is 13.2 Å². The van der Waals surface area contributed by atoms with Crippen molar-refractivity contribution in [3.63, 3.8) is 0 Å². The predicted molar refractivity (Wildman–Crippen MR) is 105 cm³/mol. The molecule has 2 heterocycles. The summed E-state index contributed by atoms with van der Waals surface area (Å²) in [6.45, 7) is 3.06. The number of guanidine groups is 1. The van der Waals surface area contributed by atoms with Gasteiger partial charge in [0, 0.05) is 44.6 Å². The molecule has 25 heavy (non-hydrogen) atoms. The first-order chi connectivity index (χ1) is 11.3. The molecule has 1 saturated heterocycles. The highest BCUT2D eigenvalue weighted by atomic mass is 127. The van der Waals surface area contributed by atoms with E-state index < -0.39 is 18.8 Å². The number of hydrogen-bond acceptors (Lipinski definition) is 4. The molecule has 5 nitrogen and oxygen atoms in total. The maximum Gasteiger partial charge on any atom is 0.416 e. The maximum atomic E-state index is 12.3. The van der Waals surface area contributed by atoms with Gasteiger partial charge < -0.3 is 15.3 Å². The molecule has 144 valence electrons. The second kappa shape index (κ2) is 10.1. The van der Waals surface area contributed by atoms with Gasteiger partial charge in [-0.3, -0.25) is 9.89 Å². The normalized spacial score (nSPS) is 18.0. The van der Waals surface area contributed by atoms with E-state index in [1.807, 2.05) is 17.0 Å². The summed E-state index contributed by atoms with van der Waals surface area (Å²) in [7, 11) is 1.52. The minimum atomic E-state index is -4.63. The van der Waals surface area contributed by atoms with Crippen molar-refractivity contribution in [1.29, 1.82) is 0 Å². The van der Waals surface area contributed by atoms with E-state index >= 15 is 0 Å². The van der Waals surface area contributed by atoms with Gasteiger partial charge in [0.05, 0.1) is 10.9 Å². The summed E-state index contributed by atoms with van der Waals surface area (Å²) < 4.78 is 37.8. The predicted octanol–water partition coefficient (Wildman–Crippen LogP) is 2.64. The van der Waals surface area contributed by atoms with Crippen LogP contribution in [-0.4, -0.2) is 72.9 Å². The summed E-state index contributed by atoms with van der Waals surface area (Å²) in [6.07, 6.45) is -7.04. The molecule has 1 atom stereocenters. The van der Waals surface area contributed by atoms with Crippen molar-refractivity contribution in [1.82, 2.24) is 15.1 Å². The molecule has 0 saturated carbocycles. The molecule has 11 heteroatoms. The van der Waals surface area contributed by atoms with Crippen LogP contribution in [-0.2, 0) is 6.54 Å². The Labute approximate surface area is 170 Å². The van der Waals surface area contributed by atoms with Gasteiger partial charge in [0.1, 0.15) is 0 Å². The highest BCUT2D eigenvalue weighted by molar-refractivity contribution is 14.0. The molecular weight excluding hydrogens is 492 g/mol. The fourth-order valence-electron chi connectivity index (χ4n) is 2.41. The Morgan fingerprint density at radius 3 is 2.48 bits per heavy atom. The fourth-order valence-corrected chi connectivity index (χ4v) is 3.54. The highest BCUT2D eigenvalue weighted by Gasteiger charge is 2.38. The van der Waals surface area contributed by atoms with E-state index in [1.54, 1.807) is 11.3 Å². The van der Waals surface area contributed by atoms with Crippen molar-refractivity contribution in [3.8, 4) is 0 Å². The molecule has 1 aromatic heterocycles. The fraction of sp³-hybridized carbons (Fsp3) is 0.643. The minimum absolute atomic E-state index is 0. The van der Waals surface area contributed by atoms with E-state index in [2.05, 4.69) is 15.2 Å². The monoisotopic (exact) mass is 512 g/mol. The number of nitrogens with one attached hydrogen (secondary N) is 1. The lowest BCUT2D eigenvalue weighted by Crippen LogP contribution is -2.53. The molecule has 1 aromatic rings. The molecule has 2 rings (SSSR count). The van der Waals surface area contributed by atoms with E-state index in [4.69, 9.17) is 16.7 Å². The first-order valence-corrected chi connectivity index (χ1v) is 8.66. The zero-order chi connectivity index (χ0) is 17.7. The second-order valence-corrected chi connectivity index (χ2v) is 7.25. The van der Waals surface area contributed by atoms with Crippen molar-refractivity contribution in [3.05, 3.63) is 21.3 Å². The summed E-state index contributed by atoms with van der Waals surface area (Å²) in [5.74, 6) is 0.372. The van der Waals surface area contributed by atoms with Crippen LogP contribution in [0.25, 0.3) is 0 Å². The van der Waals surface area contributed by atoms with Gasteiger partial charge in [-0.25, -0.2) is 0 Å². The molecular formula is C14H21ClF3IN4OS. The van der Waals surface area contributed by atoms with Crippen molar-refractivity contribution >= 4 is 52.9 Å². The van der Waals surface area contributed by atoms with Crippen molar-refractivity contribution in [2.45, 2.75) is 18.8 Å². The van der Waals surface area contributed by atoms with E-state index in [-0.39, 0.29) is 24.0 Å². The number of rotatable bonds is 4. The van der Waals surface area contributed by atoms with Gasteiger partial charge in [0.25, 0.3) is 0 Å². The van der Waals surface area contributed by atoms with E-state index in [0.29, 0.717) is 19.0 Å². The average Bonchev–Trinajstić information content (AvgIpc) is 2.93. The number of aliphatic hydroxyl groups excluding tert-OH is 1. The molecule has 1 aliphatic heterocycles. The average molecular weight is 513 g/mol. The molecule has 0 radical (unpaired) electrons. The number of piperazine rings is 1. The molecule has 1 fully saturated rings. The number of thiophene rings is 1. The largest absolute Gasteiger partial charge is 0.416 e. The van der Waals surface area contributed by atoms with Gasteiger partial charge in [-0.05, 0) is 12.1 Å². The quantitative estimate of drug-likeness (QED) is 0.370. The van der Waals surface area contributed by atoms with Gasteiger partial charge in [0.2, 0.25) is 0 Å². The minimum Gasteiger partial charge on any atom is -0.382 e. The van der Waals surface area contributed by atoms with Crippen LogP contribution >= 0.6 is 46.9 Å². The molecule has 1 aliphatic rings. The van der Waals surface area contributed by atoms with Crippen molar-refractivity contribution in [2.24, 2.45) is 4.99 Å². The van der Waals surface area contributed by atoms with Crippen LogP contribution in [0.2, 0.25) is 4.34 Å². The lowest BCUT2D eigenvalue weighted by atomic mass is 10.3. The van der Waals surface area contributed by atoms with Gasteiger partial charge in [0.15, 0.2) is 12.1 Å². The molecule has 1 unspecified atom stereocenters. The Kier molecular flexibility index (Phi) is 9.23. The van der Waals surface area contributed by atoms with Gasteiger partial charge in [-0.1, -0.05) is 11.6 Å². The van der Waals surface area contributed by atoms with Crippen molar-refractivity contribution < 1.29 is 18.3 Å². The summed E-state index contributed by atoms with van der Waals surface area (Å²) >= 11 is 7.47. The zero-order valence-corrected chi connectivity index (χ0v) is 17.5. The lowest BCUT2D eigenvalue weighted by molar-refractivity contribution is -0.201. The number of aliphatic hydroxyl groups is 1. The van der Waals surface area contributed by atoms with Crippen LogP contribution in [0, 0.1) is 0 Å². The lowest BCUT2D eigenvalue weighted by Gasteiger charge is -2.36. The van der Waals surface area contributed by atoms with E-state index in [9.17, 15) is 13.2 Å². The van der Waals surface area contributed by atoms with Crippen LogP contribution in [0.5, 0.6) is 0 Å². The van der Waals surface area contributed by atoms with Crippen LogP contribution in [0.1, 0.15) is 4.88 Å². The molecule has 0 spiro atoms. The van der Waals surface area contributed by atoms with Crippen LogP contribution < -0.4 is 5.32 Å². The zero-order valence-electron chi connectivity index (χ0n) is 13.6. The highest BCUT2D eigenvalue weighted by Crippen LogP contribution is 2.23. The van der Waals surface area contributed by atoms with E-state index in [1.165, 1.54) is 11.9 Å². The number of halogens is 5. The third-order valence-electron chi connectivity index (χ3n) is 3.72. The maximum absolute atomic E-state index is 12.3. The first kappa shape index (κ1) is 22.7. The molecule has 0 bridgehead atoms. The number of aliphatic imine (C=N–C) groups is 1. The third-order valence-corrected chi connectivity index (χ3v) is 4.94. The molecule has 2 N–H and O–H groups in total. The number of hydrogen-bond donors (Lipinski definition) is 2. The Morgan fingerprint density at radius 2 is 2.00 bits per heavy atom. The number of alkyl halides is 3. The smallest absolute Gasteiger partial charge is 0.382 e. The summed E-state index contributed by atoms with van der Waals surface area (Å²) in [6, 6.07) is 3.87. The Balaban J connectivity index is 0.00000312. The third kappa shape index (κ3) is 7.08. The van der Waals surface area contributed by atoms with Crippen LogP contribution in [0.4, 0.5) is 13.2 Å². The first-order valence-electron chi connectivity index (χ1n) is 7.46. The Hall–Kier alpha value is -0.300. The summed E-state index contributed by atoms with van der Waals surface area (Å²) in [4.78, 5) is 9.33. The Morgan fingerprint density at radius 1 is 1.36 bits per heavy atom. The summed E-state index contributed by atoms with van der Waals surface area (Å²) in [5, 5.41) is 11.6. The standard InChI is InChI=1S/C14H20ClF3N4OS.HI/c1-19-13(20-8-11(23)14(16,17)18)22-6-4-21(5-7-22)9-10-2-3-12(15)24-10;/h2-3,11,23H,4-9H2,1H3,(H,19,20);1H. The van der Waals surface area contributed by atoms with Crippen molar-refractivity contribution in [2.75, 3.05) is 39.8 Å². The topological polar surface area (TPSA) is 51.1 Å². The number of nitrogens with zero attached hydrogens (tertiary/aromatic N) is 3. The summed E-state index contributed by atoms with van der Waals surface area (Å²) in [5.41, 5.74) is 0. The molecule has 0 aromatic carbocycles. The van der Waals surface area contributed by atoms with Gasteiger partial charge >= 0.3 is 6.18 Å². The SMILES string of the molecule is CN=C(NCC(O)C(F)(F)F)N1CCN(Cc2ccc(Cl)s2)CC1.I. The van der Waals surface area contributed by atoms with Gasteiger partial charge in [-0.15, -0.1) is 35.3 Å². The Bertz CT molecular complexity index is 565. The van der Waals surface area contributed by atoms with Crippen LogP contribution in [0.15, 0.2) is 17.1 Å². The molecule has 0 amide bonds. The second-order valence-electron chi connectivity index (χ2n) is 5.45.